The van der Waals surface area contributed by atoms with E-state index in [1.807, 2.05) is 6.07 Å². The predicted molar refractivity (Wildman–Crippen MR) is 85.3 cm³/mol. The van der Waals surface area contributed by atoms with Gasteiger partial charge in [0.15, 0.2) is 0 Å². The maximum atomic E-state index is 10.2. The molecular weight excluding hydrogens is 302 g/mol. The molecule has 0 amide bonds. The van der Waals surface area contributed by atoms with Crippen LogP contribution in [0.5, 0.6) is 0 Å². The van der Waals surface area contributed by atoms with E-state index in [1.54, 1.807) is 0 Å². The lowest BCUT2D eigenvalue weighted by atomic mass is 9.96. The Labute approximate surface area is 125 Å². The van der Waals surface area contributed by atoms with Crippen LogP contribution in [0.1, 0.15) is 51.6 Å². The SMILES string of the molecule is CCC(NCC(O)C(CC)CC)c1cccc(Br)c1. The van der Waals surface area contributed by atoms with Crippen molar-refractivity contribution in [3.8, 4) is 0 Å². The number of rotatable bonds is 8. The van der Waals surface area contributed by atoms with Crippen molar-refractivity contribution in [1.29, 1.82) is 0 Å². The van der Waals surface area contributed by atoms with Gasteiger partial charge in [0.25, 0.3) is 0 Å². The first kappa shape index (κ1) is 16.7. The monoisotopic (exact) mass is 327 g/mol. The Morgan fingerprint density at radius 3 is 2.37 bits per heavy atom. The molecule has 0 fully saturated rings. The van der Waals surface area contributed by atoms with Gasteiger partial charge in [0, 0.05) is 17.1 Å². The molecule has 108 valence electrons. The van der Waals surface area contributed by atoms with Crippen LogP contribution in [-0.2, 0) is 0 Å². The standard InChI is InChI=1S/C16H26BrNO/c1-4-12(5-2)16(19)11-18-15(6-3)13-8-7-9-14(17)10-13/h7-10,12,15-16,18-19H,4-6,11H2,1-3H3. The molecule has 3 heteroatoms. The number of aliphatic hydroxyl groups is 1. The quantitative estimate of drug-likeness (QED) is 0.746. The van der Waals surface area contributed by atoms with Crippen LogP contribution in [0.15, 0.2) is 28.7 Å². The van der Waals surface area contributed by atoms with Crippen molar-refractivity contribution in [2.45, 2.75) is 52.2 Å². The number of halogens is 1. The summed E-state index contributed by atoms with van der Waals surface area (Å²) in [5.41, 5.74) is 1.27. The molecule has 0 bridgehead atoms. The van der Waals surface area contributed by atoms with Gasteiger partial charge in [0.1, 0.15) is 0 Å². The van der Waals surface area contributed by atoms with Crippen LogP contribution in [-0.4, -0.2) is 17.8 Å². The van der Waals surface area contributed by atoms with Gasteiger partial charge < -0.3 is 10.4 Å². The molecule has 0 aliphatic rings. The fourth-order valence-corrected chi connectivity index (χ4v) is 2.90. The number of hydrogen-bond acceptors (Lipinski definition) is 2. The molecule has 2 nitrogen and oxygen atoms in total. The number of hydrogen-bond donors (Lipinski definition) is 2. The van der Waals surface area contributed by atoms with Gasteiger partial charge in [0.2, 0.25) is 0 Å². The molecule has 0 aliphatic heterocycles. The molecule has 19 heavy (non-hydrogen) atoms. The van der Waals surface area contributed by atoms with E-state index in [0.717, 1.165) is 23.7 Å². The fraction of sp³-hybridized carbons (Fsp3) is 0.625. The summed E-state index contributed by atoms with van der Waals surface area (Å²) in [5, 5.41) is 13.7. The third kappa shape index (κ3) is 5.25. The smallest absolute Gasteiger partial charge is 0.0692 e. The summed E-state index contributed by atoms with van der Waals surface area (Å²) in [5.74, 6) is 0.396. The maximum absolute atomic E-state index is 10.2. The highest BCUT2D eigenvalue weighted by molar-refractivity contribution is 9.10. The van der Waals surface area contributed by atoms with E-state index in [-0.39, 0.29) is 6.10 Å². The van der Waals surface area contributed by atoms with Crippen molar-refractivity contribution in [3.63, 3.8) is 0 Å². The van der Waals surface area contributed by atoms with E-state index in [2.05, 4.69) is 60.2 Å². The summed E-state index contributed by atoms with van der Waals surface area (Å²) in [4.78, 5) is 0. The molecule has 0 saturated carbocycles. The van der Waals surface area contributed by atoms with E-state index in [1.165, 1.54) is 5.56 Å². The first-order chi connectivity index (χ1) is 9.12. The van der Waals surface area contributed by atoms with Gasteiger partial charge in [-0.1, -0.05) is 61.7 Å². The van der Waals surface area contributed by atoms with Crippen molar-refractivity contribution >= 4 is 15.9 Å². The minimum Gasteiger partial charge on any atom is -0.392 e. The first-order valence-electron chi connectivity index (χ1n) is 7.29. The minimum atomic E-state index is -0.254. The van der Waals surface area contributed by atoms with Crippen molar-refractivity contribution in [2.75, 3.05) is 6.54 Å². The third-order valence-electron chi connectivity index (χ3n) is 3.83. The molecule has 0 heterocycles. The molecule has 1 aromatic rings. The number of benzene rings is 1. The molecule has 0 aromatic heterocycles. The van der Waals surface area contributed by atoms with Crippen molar-refractivity contribution < 1.29 is 5.11 Å². The second kappa shape index (κ2) is 8.72. The lowest BCUT2D eigenvalue weighted by Gasteiger charge is -2.24. The van der Waals surface area contributed by atoms with Crippen molar-refractivity contribution in [2.24, 2.45) is 5.92 Å². The van der Waals surface area contributed by atoms with Gasteiger partial charge in [-0.2, -0.15) is 0 Å². The highest BCUT2D eigenvalue weighted by Gasteiger charge is 2.17. The second-order valence-corrected chi connectivity index (χ2v) is 5.98. The zero-order valence-electron chi connectivity index (χ0n) is 12.2. The number of nitrogens with one attached hydrogen (secondary N) is 1. The minimum absolute atomic E-state index is 0.254. The van der Waals surface area contributed by atoms with Gasteiger partial charge in [-0.05, 0) is 30.0 Å². The van der Waals surface area contributed by atoms with Gasteiger partial charge >= 0.3 is 0 Å². The van der Waals surface area contributed by atoms with Crippen LogP contribution in [0.2, 0.25) is 0 Å². The lowest BCUT2D eigenvalue weighted by molar-refractivity contribution is 0.0981. The van der Waals surface area contributed by atoms with Crippen LogP contribution in [0.25, 0.3) is 0 Å². The zero-order chi connectivity index (χ0) is 14.3. The topological polar surface area (TPSA) is 32.3 Å². The van der Waals surface area contributed by atoms with E-state index < -0.39 is 0 Å². The molecular formula is C16H26BrNO. The summed E-state index contributed by atoms with van der Waals surface area (Å²) in [6, 6.07) is 8.68. The zero-order valence-corrected chi connectivity index (χ0v) is 13.8. The van der Waals surface area contributed by atoms with E-state index in [0.29, 0.717) is 18.5 Å². The van der Waals surface area contributed by atoms with Gasteiger partial charge in [-0.15, -0.1) is 0 Å². The molecule has 0 radical (unpaired) electrons. The van der Waals surface area contributed by atoms with Crippen LogP contribution in [0.4, 0.5) is 0 Å². The van der Waals surface area contributed by atoms with Gasteiger partial charge in [0.05, 0.1) is 6.10 Å². The lowest BCUT2D eigenvalue weighted by Crippen LogP contribution is -2.34. The Morgan fingerprint density at radius 2 is 1.84 bits per heavy atom. The van der Waals surface area contributed by atoms with Gasteiger partial charge in [-0.3, -0.25) is 0 Å². The largest absolute Gasteiger partial charge is 0.392 e. The van der Waals surface area contributed by atoms with E-state index >= 15 is 0 Å². The second-order valence-electron chi connectivity index (χ2n) is 5.07. The summed E-state index contributed by atoms with van der Waals surface area (Å²) in [6.45, 7) is 7.12. The Bertz CT molecular complexity index is 366. The molecule has 0 saturated heterocycles. The summed E-state index contributed by atoms with van der Waals surface area (Å²) in [7, 11) is 0. The Hall–Kier alpha value is -0.380. The maximum Gasteiger partial charge on any atom is 0.0692 e. The molecule has 2 unspecified atom stereocenters. The Morgan fingerprint density at radius 1 is 1.16 bits per heavy atom. The highest BCUT2D eigenvalue weighted by atomic mass is 79.9. The van der Waals surface area contributed by atoms with Crippen LogP contribution < -0.4 is 5.32 Å². The molecule has 0 aliphatic carbocycles. The molecule has 1 rings (SSSR count). The van der Waals surface area contributed by atoms with Crippen molar-refractivity contribution in [1.82, 2.24) is 5.32 Å². The summed E-state index contributed by atoms with van der Waals surface area (Å²) in [6.07, 6.45) is 2.84. The molecule has 0 spiro atoms. The average molecular weight is 328 g/mol. The van der Waals surface area contributed by atoms with Gasteiger partial charge in [-0.25, -0.2) is 0 Å². The molecule has 2 atom stereocenters. The average Bonchev–Trinajstić information content (AvgIpc) is 2.41. The van der Waals surface area contributed by atoms with Crippen LogP contribution >= 0.6 is 15.9 Å². The van der Waals surface area contributed by atoms with E-state index in [4.69, 9.17) is 0 Å². The molecule has 1 aromatic carbocycles. The van der Waals surface area contributed by atoms with Crippen molar-refractivity contribution in [3.05, 3.63) is 34.3 Å². The Balaban J connectivity index is 2.58. The number of aliphatic hydroxyl groups excluding tert-OH is 1. The van der Waals surface area contributed by atoms with Crippen LogP contribution in [0.3, 0.4) is 0 Å². The fourth-order valence-electron chi connectivity index (χ4n) is 2.48. The first-order valence-corrected chi connectivity index (χ1v) is 8.08. The van der Waals surface area contributed by atoms with E-state index in [9.17, 15) is 5.11 Å². The highest BCUT2D eigenvalue weighted by Crippen LogP contribution is 2.21. The summed E-state index contributed by atoms with van der Waals surface area (Å²) < 4.78 is 1.10. The van der Waals surface area contributed by atoms with Crippen LogP contribution in [0, 0.1) is 5.92 Å². The normalized spacial score (nSPS) is 14.6. The Kier molecular flexibility index (Phi) is 7.66. The predicted octanol–water partition coefficient (Wildman–Crippen LogP) is 4.29. The molecule has 2 N–H and O–H groups in total. The third-order valence-corrected chi connectivity index (χ3v) is 4.32. The summed E-state index contributed by atoms with van der Waals surface area (Å²) >= 11 is 3.51.